The fourth-order valence-electron chi connectivity index (χ4n) is 13.6. The van der Waals surface area contributed by atoms with Crippen molar-refractivity contribution in [1.82, 2.24) is 0 Å². The molecule has 3 heterocycles. The van der Waals surface area contributed by atoms with Gasteiger partial charge in [-0.25, -0.2) is 0 Å². The second-order valence-electron chi connectivity index (χ2n) is 22.2. The third kappa shape index (κ3) is 6.40. The number of hydrogen-bond acceptors (Lipinski definition) is 5. The number of fused-ring (bicyclic) bond motifs is 6. The maximum Gasteiger partial charge on any atom is 0.137 e. The Morgan fingerprint density at radius 2 is 0.679 bits per heavy atom. The smallest absolute Gasteiger partial charge is 0.137 e. The van der Waals surface area contributed by atoms with Crippen molar-refractivity contribution in [2.75, 3.05) is 19.6 Å². The van der Waals surface area contributed by atoms with E-state index in [0.29, 0.717) is 0 Å². The molecule has 16 rings (SSSR count). The van der Waals surface area contributed by atoms with Crippen molar-refractivity contribution in [2.45, 2.75) is 38.5 Å². The molecule has 1 atom stereocenters. The van der Waals surface area contributed by atoms with Gasteiger partial charge in [0.05, 0.1) is 33.4 Å². The summed E-state index contributed by atoms with van der Waals surface area (Å²) in [7, 11) is -0.987. The van der Waals surface area contributed by atoms with Crippen LogP contribution in [0.4, 0.5) is 68.2 Å². The molecule has 5 aliphatic rings. The van der Waals surface area contributed by atoms with Crippen LogP contribution in [0.25, 0.3) is 22.3 Å². The fourth-order valence-corrected chi connectivity index (χ4v) is 16.6. The summed E-state index contributed by atoms with van der Waals surface area (Å²) in [5, 5.41) is 3.91. The van der Waals surface area contributed by atoms with Gasteiger partial charge in [0, 0.05) is 69.6 Å². The van der Waals surface area contributed by atoms with Crippen LogP contribution in [0, 0.1) is 0 Å². The monoisotopic (exact) mass is 1020 g/mol. The Morgan fingerprint density at radius 3 is 1.15 bits per heavy atom. The number of benzene rings is 11. The SMILES string of the molecule is CC1(C)c2ccc(N(c3ccccc3)c3ccccc3)cc2-c2cc(N3c4cccc5c4P4c6c(cccc6N(c6ccc7c(c6)-c6ccc(N(c8ccccc8)c8ccccc8)cc6C7(C)C)c6cccc3c64)O5)ccc21. The first-order valence-electron chi connectivity index (χ1n) is 27.1. The van der Waals surface area contributed by atoms with E-state index in [1.807, 2.05) is 0 Å². The van der Waals surface area contributed by atoms with E-state index in [2.05, 4.69) is 296 Å². The molecule has 0 radical (unpaired) electrons. The highest BCUT2D eigenvalue weighted by Crippen LogP contribution is 2.63. The molecule has 11 aromatic rings. The van der Waals surface area contributed by atoms with Gasteiger partial charge in [-0.3, -0.25) is 0 Å². The zero-order valence-electron chi connectivity index (χ0n) is 43.8. The first kappa shape index (κ1) is 45.1. The molecule has 0 aromatic heterocycles. The van der Waals surface area contributed by atoms with Gasteiger partial charge in [0.1, 0.15) is 11.5 Å². The predicted octanol–water partition coefficient (Wildman–Crippen LogP) is 18.7. The van der Waals surface area contributed by atoms with Gasteiger partial charge in [0.2, 0.25) is 0 Å². The number of anilines is 12. The maximum atomic E-state index is 7.07. The summed E-state index contributed by atoms with van der Waals surface area (Å²) in [6.45, 7) is 9.52. The Hall–Kier alpha value is -9.15. The zero-order valence-corrected chi connectivity index (χ0v) is 44.7. The standard InChI is InChI=1S/C72H53N4OP/c1-71(2)59-39-35-50(73(46-20-9-5-10-21-46)47-22-11-6-12-23-47)42-56(59)57-44-52(37-41-60(57)71)76-63-29-17-28-62-68(63)78-69-64(30-18-32-66(69)77-67-33-19-31-65(76)70(67)78)75(62)51-36-40-58-55(43-51)54-38-34-53(45-61(54)72(58,3)4)74(48-24-13-7-14-25-48)49-26-15-8-16-27-49/h5-45H,1-4H3. The average Bonchev–Trinajstić information content (AvgIpc) is 3.90. The summed E-state index contributed by atoms with van der Waals surface area (Å²) >= 11 is 0. The second-order valence-corrected chi connectivity index (χ2v) is 24.2. The van der Waals surface area contributed by atoms with E-state index in [9.17, 15) is 0 Å². The first-order valence-corrected chi connectivity index (χ1v) is 28.4. The summed E-state index contributed by atoms with van der Waals surface area (Å²) in [5.41, 5.74) is 23.9. The number of hydrogen-bond donors (Lipinski definition) is 0. The van der Waals surface area contributed by atoms with Crippen LogP contribution in [0.5, 0.6) is 11.5 Å². The Labute approximate surface area is 457 Å². The van der Waals surface area contributed by atoms with Crippen molar-refractivity contribution in [3.05, 3.63) is 271 Å². The number of para-hydroxylation sites is 4. The Kier molecular flexibility index (Phi) is 9.64. The Balaban J connectivity index is 0.842. The summed E-state index contributed by atoms with van der Waals surface area (Å²) in [6.07, 6.45) is 0. The molecule has 0 bridgehead atoms. The van der Waals surface area contributed by atoms with Crippen molar-refractivity contribution in [3.8, 4) is 33.8 Å². The van der Waals surface area contributed by atoms with E-state index in [4.69, 9.17) is 4.74 Å². The van der Waals surface area contributed by atoms with Crippen LogP contribution >= 0.6 is 7.92 Å². The highest BCUT2D eigenvalue weighted by atomic mass is 31.1. The first-order chi connectivity index (χ1) is 38.2. The highest BCUT2D eigenvalue weighted by molar-refractivity contribution is 7.81. The van der Waals surface area contributed by atoms with Crippen LogP contribution in [0.1, 0.15) is 49.9 Å². The van der Waals surface area contributed by atoms with Crippen LogP contribution in [0.3, 0.4) is 0 Å². The minimum atomic E-state index is -0.987. The van der Waals surface area contributed by atoms with Crippen molar-refractivity contribution in [2.24, 2.45) is 0 Å². The minimum Gasteiger partial charge on any atom is -0.456 e. The molecule has 11 aromatic carbocycles. The minimum absolute atomic E-state index is 0.187. The molecule has 0 spiro atoms. The predicted molar refractivity (Wildman–Crippen MR) is 326 cm³/mol. The van der Waals surface area contributed by atoms with E-state index >= 15 is 0 Å². The molecule has 1 unspecified atom stereocenters. The Morgan fingerprint density at radius 1 is 0.308 bits per heavy atom. The molecule has 0 saturated carbocycles. The molecule has 0 saturated heterocycles. The zero-order chi connectivity index (χ0) is 52.0. The van der Waals surface area contributed by atoms with Gasteiger partial charge in [-0.2, -0.15) is 0 Å². The number of nitrogens with zero attached hydrogens (tertiary/aromatic N) is 4. The largest absolute Gasteiger partial charge is 0.456 e. The van der Waals surface area contributed by atoms with E-state index < -0.39 is 7.92 Å². The Bertz CT molecular complexity index is 4190. The lowest BCUT2D eigenvalue weighted by molar-refractivity contribution is 0.488. The lowest BCUT2D eigenvalue weighted by Gasteiger charge is -2.47. The van der Waals surface area contributed by atoms with Crippen LogP contribution in [0.15, 0.2) is 249 Å². The van der Waals surface area contributed by atoms with Crippen molar-refractivity contribution < 1.29 is 4.74 Å². The third-order valence-corrected chi connectivity index (χ3v) is 19.9. The molecule has 2 aliphatic carbocycles. The quantitative estimate of drug-likeness (QED) is 0.141. The molecule has 3 aliphatic heterocycles. The summed E-state index contributed by atoms with van der Waals surface area (Å²) in [4.78, 5) is 9.79. The van der Waals surface area contributed by atoms with Crippen molar-refractivity contribution in [1.29, 1.82) is 0 Å². The van der Waals surface area contributed by atoms with Gasteiger partial charge in [0.15, 0.2) is 0 Å². The van der Waals surface area contributed by atoms with Gasteiger partial charge in [-0.1, -0.05) is 143 Å². The van der Waals surface area contributed by atoms with E-state index in [-0.39, 0.29) is 10.8 Å². The maximum absolute atomic E-state index is 7.07. The van der Waals surface area contributed by atoms with Gasteiger partial charge in [0.25, 0.3) is 0 Å². The van der Waals surface area contributed by atoms with Gasteiger partial charge >= 0.3 is 0 Å². The summed E-state index contributed by atoms with van der Waals surface area (Å²) in [6, 6.07) is 91.7. The van der Waals surface area contributed by atoms with Crippen molar-refractivity contribution in [3.63, 3.8) is 0 Å². The highest BCUT2D eigenvalue weighted by Gasteiger charge is 2.47. The third-order valence-electron chi connectivity index (χ3n) is 17.2. The van der Waals surface area contributed by atoms with E-state index in [0.717, 1.165) is 57.0 Å². The molecular formula is C72H53N4OP. The number of ether oxygens (including phenoxy) is 1. The van der Waals surface area contributed by atoms with Crippen molar-refractivity contribution >= 4 is 92.1 Å². The van der Waals surface area contributed by atoms with E-state index in [1.54, 1.807) is 0 Å². The number of rotatable bonds is 8. The fraction of sp³-hybridized carbons (Fsp3) is 0.0833. The summed E-state index contributed by atoms with van der Waals surface area (Å²) < 4.78 is 7.07. The molecule has 6 heteroatoms. The molecule has 0 amide bonds. The van der Waals surface area contributed by atoms with Crippen LogP contribution < -0.4 is 40.3 Å². The van der Waals surface area contributed by atoms with Gasteiger partial charge < -0.3 is 24.3 Å². The second kappa shape index (κ2) is 16.7. The topological polar surface area (TPSA) is 22.2 Å². The van der Waals surface area contributed by atoms with Crippen LogP contribution in [0.2, 0.25) is 0 Å². The van der Waals surface area contributed by atoms with E-state index in [1.165, 1.54) is 83.2 Å². The summed E-state index contributed by atoms with van der Waals surface area (Å²) in [5.74, 6) is 1.88. The molecule has 372 valence electrons. The molecular weight excluding hydrogens is 968 g/mol. The normalized spacial score (nSPS) is 15.6. The van der Waals surface area contributed by atoms with Crippen LogP contribution in [-0.2, 0) is 10.8 Å². The van der Waals surface area contributed by atoms with Gasteiger partial charge in [-0.15, -0.1) is 0 Å². The van der Waals surface area contributed by atoms with Gasteiger partial charge in [-0.05, 0) is 178 Å². The molecule has 78 heavy (non-hydrogen) atoms. The van der Waals surface area contributed by atoms with Crippen LogP contribution in [-0.4, -0.2) is 0 Å². The lowest BCUT2D eigenvalue weighted by atomic mass is 9.82. The lowest BCUT2D eigenvalue weighted by Crippen LogP contribution is -2.43. The molecule has 0 fully saturated rings. The molecule has 0 N–H and O–H groups in total. The average molecular weight is 1020 g/mol. The molecule has 5 nitrogen and oxygen atoms in total.